The van der Waals surface area contributed by atoms with Crippen molar-refractivity contribution in [2.45, 2.75) is 71.6 Å². The van der Waals surface area contributed by atoms with Crippen molar-refractivity contribution in [3.8, 4) is 0 Å². The van der Waals surface area contributed by atoms with Gasteiger partial charge in [0, 0.05) is 49.7 Å². The summed E-state index contributed by atoms with van der Waals surface area (Å²) in [6.45, 7) is 12.2. The van der Waals surface area contributed by atoms with Crippen LogP contribution in [-0.2, 0) is 24.5 Å². The van der Waals surface area contributed by atoms with E-state index in [0.717, 1.165) is 18.1 Å². The monoisotopic (exact) mass is 384 g/mol. The van der Waals surface area contributed by atoms with Gasteiger partial charge in [0.15, 0.2) is 18.9 Å². The Morgan fingerprint density at radius 3 is 1.96 bits per heavy atom. The zero-order chi connectivity index (χ0) is 21.3. The van der Waals surface area contributed by atoms with Gasteiger partial charge in [-0.2, -0.15) is 0 Å². The number of methoxy groups -OCH3 is 2. The van der Waals surface area contributed by atoms with E-state index in [1.165, 1.54) is 7.11 Å². The number of rotatable bonds is 4. The summed E-state index contributed by atoms with van der Waals surface area (Å²) in [6.07, 6.45) is 5.33. The van der Waals surface area contributed by atoms with Crippen molar-refractivity contribution in [3.63, 3.8) is 0 Å². The summed E-state index contributed by atoms with van der Waals surface area (Å²) < 4.78 is 17.0. The molecular formula is C20H36N2O5. The maximum absolute atomic E-state index is 10.4. The summed E-state index contributed by atoms with van der Waals surface area (Å²) >= 11 is 0. The Hall–Kier alpha value is -1.54. The molecule has 1 fully saturated rings. The molecule has 7 heteroatoms. The SMILES string of the molecule is CC(C)(C)N.CC(C)(C)n1ccc(C=O)c1.COC1CC(C=O)C(OC)O1. The third-order valence-electron chi connectivity index (χ3n) is 3.40. The van der Waals surface area contributed by atoms with Gasteiger partial charge in [0.05, 0.1) is 5.92 Å². The fourth-order valence-electron chi connectivity index (χ4n) is 2.04. The third-order valence-corrected chi connectivity index (χ3v) is 3.40. The molecule has 156 valence electrons. The fraction of sp³-hybridized carbons (Fsp3) is 0.700. The topological polar surface area (TPSA) is 92.8 Å². The summed E-state index contributed by atoms with van der Waals surface area (Å²) in [5.74, 6) is -0.190. The minimum atomic E-state index is -0.433. The molecule has 2 rings (SSSR count). The van der Waals surface area contributed by atoms with Gasteiger partial charge in [-0.25, -0.2) is 0 Å². The number of nitrogens with zero attached hydrogens (tertiary/aromatic N) is 1. The maximum Gasteiger partial charge on any atom is 0.169 e. The van der Waals surface area contributed by atoms with Crippen LogP contribution in [0.5, 0.6) is 0 Å². The summed E-state index contributed by atoms with van der Waals surface area (Å²) in [5, 5.41) is 0. The van der Waals surface area contributed by atoms with Crippen molar-refractivity contribution in [2.75, 3.05) is 14.2 Å². The van der Waals surface area contributed by atoms with Gasteiger partial charge in [-0.15, -0.1) is 0 Å². The Balaban J connectivity index is 0.000000405. The lowest BCUT2D eigenvalue weighted by atomic mass is 10.1. The molecule has 1 aromatic rings. The van der Waals surface area contributed by atoms with E-state index in [-0.39, 0.29) is 23.3 Å². The van der Waals surface area contributed by atoms with E-state index in [0.29, 0.717) is 6.42 Å². The number of nitrogens with two attached hydrogens (primary N) is 1. The van der Waals surface area contributed by atoms with E-state index in [4.69, 9.17) is 19.9 Å². The van der Waals surface area contributed by atoms with Gasteiger partial charge in [0.1, 0.15) is 6.29 Å². The predicted molar refractivity (Wildman–Crippen MR) is 106 cm³/mol. The van der Waals surface area contributed by atoms with Gasteiger partial charge >= 0.3 is 0 Å². The van der Waals surface area contributed by atoms with Crippen LogP contribution in [0.2, 0.25) is 0 Å². The van der Waals surface area contributed by atoms with Crippen LogP contribution in [0.4, 0.5) is 0 Å². The van der Waals surface area contributed by atoms with Crippen molar-refractivity contribution >= 4 is 12.6 Å². The zero-order valence-electron chi connectivity index (χ0n) is 17.9. The van der Waals surface area contributed by atoms with Crippen LogP contribution in [0.3, 0.4) is 0 Å². The molecule has 0 aliphatic carbocycles. The Bertz CT molecular complexity index is 551. The highest BCUT2D eigenvalue weighted by molar-refractivity contribution is 5.74. The van der Waals surface area contributed by atoms with Crippen molar-refractivity contribution in [1.82, 2.24) is 4.57 Å². The lowest BCUT2D eigenvalue weighted by molar-refractivity contribution is -0.192. The standard InChI is InChI=1S/C9H13NO.C7H12O4.C4H11N/c1-9(2,3)10-5-4-8(6-10)7-11;1-9-6-3-5(4-8)7(10-2)11-6;1-4(2,3)5/h4-7H,1-3H3;4-7H,3H2,1-2H3;5H2,1-3H3. The average molecular weight is 385 g/mol. The minimum Gasteiger partial charge on any atom is -0.356 e. The van der Waals surface area contributed by atoms with Crippen LogP contribution in [0, 0.1) is 5.92 Å². The summed E-state index contributed by atoms with van der Waals surface area (Å²) in [5.41, 5.74) is 6.16. The smallest absolute Gasteiger partial charge is 0.169 e. The number of hydrogen-bond donors (Lipinski definition) is 1. The number of ether oxygens (including phenoxy) is 3. The first-order chi connectivity index (χ1) is 12.3. The second-order valence-corrected chi connectivity index (χ2v) is 8.45. The molecule has 3 atom stereocenters. The van der Waals surface area contributed by atoms with E-state index in [2.05, 4.69) is 20.8 Å². The number of hydrogen-bond acceptors (Lipinski definition) is 6. The summed E-state index contributed by atoms with van der Waals surface area (Å²) in [4.78, 5) is 20.8. The van der Waals surface area contributed by atoms with Gasteiger partial charge in [0.2, 0.25) is 0 Å². The fourth-order valence-corrected chi connectivity index (χ4v) is 2.04. The maximum atomic E-state index is 10.4. The molecule has 3 unspecified atom stereocenters. The average Bonchev–Trinajstić information content (AvgIpc) is 3.19. The molecule has 1 aliphatic heterocycles. The normalized spacial score (nSPS) is 22.2. The van der Waals surface area contributed by atoms with Crippen molar-refractivity contribution in [3.05, 3.63) is 24.0 Å². The lowest BCUT2D eigenvalue weighted by Gasteiger charge is -2.20. The Kier molecular flexibility index (Phi) is 10.7. The second-order valence-electron chi connectivity index (χ2n) is 8.45. The molecule has 1 saturated heterocycles. The van der Waals surface area contributed by atoms with Gasteiger partial charge in [-0.05, 0) is 47.6 Å². The van der Waals surface area contributed by atoms with Gasteiger partial charge in [-0.3, -0.25) is 4.79 Å². The lowest BCUT2D eigenvalue weighted by Crippen LogP contribution is -2.26. The molecule has 7 nitrogen and oxygen atoms in total. The molecule has 2 N–H and O–H groups in total. The Morgan fingerprint density at radius 1 is 1.15 bits per heavy atom. The molecule has 0 saturated carbocycles. The van der Waals surface area contributed by atoms with E-state index >= 15 is 0 Å². The summed E-state index contributed by atoms with van der Waals surface area (Å²) in [6, 6.07) is 1.82. The van der Waals surface area contributed by atoms with E-state index in [1.807, 2.05) is 43.8 Å². The van der Waals surface area contributed by atoms with Crippen LogP contribution in [-0.4, -0.2) is 49.5 Å². The molecule has 0 spiro atoms. The number of aldehydes is 2. The molecule has 27 heavy (non-hydrogen) atoms. The highest BCUT2D eigenvalue weighted by Crippen LogP contribution is 2.25. The van der Waals surface area contributed by atoms with Crippen LogP contribution in [0.15, 0.2) is 18.5 Å². The number of aromatic nitrogens is 1. The van der Waals surface area contributed by atoms with Crippen LogP contribution >= 0.6 is 0 Å². The highest BCUT2D eigenvalue weighted by atomic mass is 16.8. The first-order valence-electron chi connectivity index (χ1n) is 8.94. The number of carbonyl (C=O) groups is 2. The molecular weight excluding hydrogens is 348 g/mol. The Labute approximate surface area is 163 Å². The van der Waals surface area contributed by atoms with Crippen LogP contribution < -0.4 is 5.73 Å². The first kappa shape index (κ1) is 25.5. The van der Waals surface area contributed by atoms with Gasteiger partial charge < -0.3 is 29.3 Å². The molecule has 0 aromatic carbocycles. The molecule has 0 amide bonds. The Morgan fingerprint density at radius 2 is 1.70 bits per heavy atom. The van der Waals surface area contributed by atoms with Gasteiger partial charge in [0.25, 0.3) is 0 Å². The molecule has 0 radical (unpaired) electrons. The molecule has 0 bridgehead atoms. The largest absolute Gasteiger partial charge is 0.356 e. The van der Waals surface area contributed by atoms with E-state index in [1.54, 1.807) is 7.11 Å². The number of carbonyl (C=O) groups excluding carboxylic acids is 2. The van der Waals surface area contributed by atoms with Crippen LogP contribution in [0.25, 0.3) is 0 Å². The van der Waals surface area contributed by atoms with Gasteiger partial charge in [-0.1, -0.05) is 0 Å². The second kappa shape index (κ2) is 11.3. The molecule has 1 aromatic heterocycles. The van der Waals surface area contributed by atoms with Crippen molar-refractivity contribution in [1.29, 1.82) is 0 Å². The van der Waals surface area contributed by atoms with Crippen molar-refractivity contribution in [2.24, 2.45) is 11.7 Å². The van der Waals surface area contributed by atoms with Crippen LogP contribution in [0.1, 0.15) is 58.3 Å². The minimum absolute atomic E-state index is 0. The first-order valence-corrected chi connectivity index (χ1v) is 8.94. The quantitative estimate of drug-likeness (QED) is 0.802. The highest BCUT2D eigenvalue weighted by Gasteiger charge is 2.35. The molecule has 2 heterocycles. The third kappa shape index (κ3) is 11.0. The zero-order valence-corrected chi connectivity index (χ0v) is 17.9. The predicted octanol–water partition coefficient (Wildman–Crippen LogP) is 2.97. The molecule has 1 aliphatic rings. The van der Waals surface area contributed by atoms with Crippen molar-refractivity contribution < 1.29 is 23.8 Å². The van der Waals surface area contributed by atoms with E-state index in [9.17, 15) is 9.59 Å². The van der Waals surface area contributed by atoms with E-state index < -0.39 is 6.29 Å². The summed E-state index contributed by atoms with van der Waals surface area (Å²) in [7, 11) is 3.06.